The molecule has 0 spiro atoms. The Balaban J connectivity index is 2.08. The molecule has 0 amide bonds. The quantitative estimate of drug-likeness (QED) is 0.785. The summed E-state index contributed by atoms with van der Waals surface area (Å²) in [7, 11) is 1.63. The molecular weight excluding hydrogens is 252 g/mol. The van der Waals surface area contributed by atoms with Gasteiger partial charge in [0.1, 0.15) is 5.75 Å². The van der Waals surface area contributed by atoms with Crippen molar-refractivity contribution in [2.75, 3.05) is 7.11 Å². The fourth-order valence-electron chi connectivity index (χ4n) is 2.51. The minimum Gasteiger partial charge on any atom is -0.496 e. The van der Waals surface area contributed by atoms with Gasteiger partial charge in [0.25, 0.3) is 0 Å². The Hall–Kier alpha value is -2.23. The summed E-state index contributed by atoms with van der Waals surface area (Å²) < 4.78 is 5.34. The lowest BCUT2D eigenvalue weighted by atomic mass is 10.1. The van der Waals surface area contributed by atoms with Crippen molar-refractivity contribution >= 4 is 5.78 Å². The summed E-state index contributed by atoms with van der Waals surface area (Å²) in [4.78, 5) is 20.9. The van der Waals surface area contributed by atoms with E-state index in [1.165, 1.54) is 0 Å². The van der Waals surface area contributed by atoms with Crippen molar-refractivity contribution in [1.29, 1.82) is 0 Å². The first-order chi connectivity index (χ1) is 9.79. The molecule has 0 atom stereocenters. The third-order valence-electron chi connectivity index (χ3n) is 3.58. The molecule has 1 heterocycles. The van der Waals surface area contributed by atoms with Gasteiger partial charge in [-0.3, -0.25) is 4.79 Å². The molecule has 0 fully saturated rings. The number of hydrogen-bond acceptors (Lipinski definition) is 4. The summed E-state index contributed by atoms with van der Waals surface area (Å²) in [6.45, 7) is 0. The molecular formula is C16H16N2O2. The molecule has 0 saturated carbocycles. The van der Waals surface area contributed by atoms with Crippen LogP contribution in [0.15, 0.2) is 30.5 Å². The van der Waals surface area contributed by atoms with Crippen molar-refractivity contribution < 1.29 is 9.53 Å². The van der Waals surface area contributed by atoms with Gasteiger partial charge in [0, 0.05) is 12.6 Å². The highest BCUT2D eigenvalue weighted by Gasteiger charge is 2.19. The number of carbonyl (C=O) groups is 1. The molecule has 1 aromatic heterocycles. The van der Waals surface area contributed by atoms with E-state index in [0.717, 1.165) is 36.3 Å². The molecule has 1 aliphatic carbocycles. The average molecular weight is 268 g/mol. The van der Waals surface area contributed by atoms with Gasteiger partial charge in [-0.2, -0.15) is 0 Å². The molecule has 4 heteroatoms. The Morgan fingerprint density at radius 1 is 1.10 bits per heavy atom. The van der Waals surface area contributed by atoms with Crippen LogP contribution in [0.25, 0.3) is 11.4 Å². The predicted molar refractivity (Wildman–Crippen MR) is 75.9 cm³/mol. The van der Waals surface area contributed by atoms with Gasteiger partial charge in [-0.15, -0.1) is 0 Å². The zero-order chi connectivity index (χ0) is 13.9. The van der Waals surface area contributed by atoms with Crippen LogP contribution in [0.2, 0.25) is 0 Å². The summed E-state index contributed by atoms with van der Waals surface area (Å²) >= 11 is 0. The summed E-state index contributed by atoms with van der Waals surface area (Å²) in [5.74, 6) is 1.52. The number of carbonyl (C=O) groups excluding carboxylic acids is 1. The van der Waals surface area contributed by atoms with Crippen molar-refractivity contribution in [2.24, 2.45) is 0 Å². The number of aryl methyl sites for hydroxylation is 1. The van der Waals surface area contributed by atoms with Crippen LogP contribution >= 0.6 is 0 Å². The number of fused-ring (bicyclic) bond motifs is 1. The first-order valence-corrected chi connectivity index (χ1v) is 6.82. The van der Waals surface area contributed by atoms with Gasteiger partial charge in [-0.1, -0.05) is 12.1 Å². The Kier molecular flexibility index (Phi) is 3.46. The van der Waals surface area contributed by atoms with Crippen LogP contribution in [0.1, 0.15) is 35.3 Å². The second-order valence-corrected chi connectivity index (χ2v) is 4.88. The Labute approximate surface area is 117 Å². The molecule has 0 radical (unpaired) electrons. The maximum atomic E-state index is 12.0. The summed E-state index contributed by atoms with van der Waals surface area (Å²) in [6, 6.07) is 7.65. The highest BCUT2D eigenvalue weighted by Crippen LogP contribution is 2.28. The van der Waals surface area contributed by atoms with Gasteiger partial charge in [0.15, 0.2) is 11.6 Å². The van der Waals surface area contributed by atoms with Crippen molar-refractivity contribution in [2.45, 2.75) is 25.7 Å². The van der Waals surface area contributed by atoms with Crippen LogP contribution in [-0.2, 0) is 6.42 Å². The molecule has 3 rings (SSSR count). The monoisotopic (exact) mass is 268 g/mol. The molecule has 0 saturated heterocycles. The van der Waals surface area contributed by atoms with Crippen molar-refractivity contribution in [3.63, 3.8) is 0 Å². The Morgan fingerprint density at radius 3 is 2.75 bits per heavy atom. The van der Waals surface area contributed by atoms with Crippen LogP contribution in [0.3, 0.4) is 0 Å². The van der Waals surface area contributed by atoms with Gasteiger partial charge in [0.05, 0.1) is 23.9 Å². The number of hydrogen-bond donors (Lipinski definition) is 0. The number of Topliss-reactive ketones (excluding diaryl/α,β-unsaturated/α-hetero) is 1. The van der Waals surface area contributed by atoms with E-state index >= 15 is 0 Å². The van der Waals surface area contributed by atoms with E-state index in [2.05, 4.69) is 9.97 Å². The maximum Gasteiger partial charge on any atom is 0.166 e. The van der Waals surface area contributed by atoms with E-state index in [0.29, 0.717) is 17.8 Å². The maximum absolute atomic E-state index is 12.0. The largest absolute Gasteiger partial charge is 0.496 e. The number of para-hydroxylation sites is 1. The number of nitrogens with zero attached hydrogens (tertiary/aromatic N) is 2. The van der Waals surface area contributed by atoms with E-state index in [4.69, 9.17) is 4.74 Å². The smallest absolute Gasteiger partial charge is 0.166 e. The predicted octanol–water partition coefficient (Wildman–Crippen LogP) is 3.06. The van der Waals surface area contributed by atoms with Crippen LogP contribution in [0.4, 0.5) is 0 Å². The minimum atomic E-state index is 0.157. The first kappa shape index (κ1) is 12.8. The lowest BCUT2D eigenvalue weighted by molar-refractivity contribution is 0.0981. The molecule has 2 aromatic rings. The third-order valence-corrected chi connectivity index (χ3v) is 3.58. The Morgan fingerprint density at radius 2 is 1.90 bits per heavy atom. The van der Waals surface area contributed by atoms with Crippen LogP contribution in [0.5, 0.6) is 5.75 Å². The van der Waals surface area contributed by atoms with E-state index in [1.807, 2.05) is 24.3 Å². The standard InChI is InChI=1S/C16H16N2O2/c1-20-15-9-5-2-6-11(15)16-17-10-12-13(18-16)7-3-4-8-14(12)19/h2,5-6,9-10H,3-4,7-8H2,1H3. The van der Waals surface area contributed by atoms with E-state index in [-0.39, 0.29) is 5.78 Å². The number of rotatable bonds is 2. The van der Waals surface area contributed by atoms with Gasteiger partial charge in [-0.25, -0.2) is 9.97 Å². The lowest BCUT2D eigenvalue weighted by Crippen LogP contribution is -2.05. The molecule has 102 valence electrons. The topological polar surface area (TPSA) is 52.1 Å². The minimum absolute atomic E-state index is 0.157. The normalized spacial score (nSPS) is 14.6. The number of ketones is 1. The van der Waals surface area contributed by atoms with Crippen LogP contribution in [0, 0.1) is 0 Å². The number of benzene rings is 1. The SMILES string of the molecule is COc1ccccc1-c1ncc2c(n1)CCCCC2=O. The second-order valence-electron chi connectivity index (χ2n) is 4.88. The molecule has 4 nitrogen and oxygen atoms in total. The van der Waals surface area contributed by atoms with Crippen LogP contribution < -0.4 is 4.74 Å². The summed E-state index contributed by atoms with van der Waals surface area (Å²) in [6.07, 6.45) is 5.04. The zero-order valence-corrected chi connectivity index (χ0v) is 11.4. The van der Waals surface area contributed by atoms with Gasteiger partial charge in [-0.05, 0) is 31.4 Å². The fraction of sp³-hybridized carbons (Fsp3) is 0.312. The second kappa shape index (κ2) is 5.41. The summed E-state index contributed by atoms with van der Waals surface area (Å²) in [5.41, 5.74) is 2.40. The van der Waals surface area contributed by atoms with Gasteiger partial charge < -0.3 is 4.74 Å². The van der Waals surface area contributed by atoms with E-state index < -0.39 is 0 Å². The Bertz CT molecular complexity index is 653. The molecule has 20 heavy (non-hydrogen) atoms. The van der Waals surface area contributed by atoms with Crippen molar-refractivity contribution in [1.82, 2.24) is 9.97 Å². The molecule has 1 aliphatic rings. The summed E-state index contributed by atoms with van der Waals surface area (Å²) in [5, 5.41) is 0. The molecule has 1 aromatic carbocycles. The van der Waals surface area contributed by atoms with E-state index in [9.17, 15) is 4.79 Å². The van der Waals surface area contributed by atoms with Crippen molar-refractivity contribution in [3.8, 4) is 17.1 Å². The molecule has 0 unspecified atom stereocenters. The fourth-order valence-corrected chi connectivity index (χ4v) is 2.51. The average Bonchev–Trinajstić information content (AvgIpc) is 2.68. The zero-order valence-electron chi connectivity index (χ0n) is 11.4. The highest BCUT2D eigenvalue weighted by atomic mass is 16.5. The van der Waals surface area contributed by atoms with E-state index in [1.54, 1.807) is 13.3 Å². The molecule has 0 aliphatic heterocycles. The van der Waals surface area contributed by atoms with Gasteiger partial charge in [0.2, 0.25) is 0 Å². The molecule has 0 N–H and O–H groups in total. The van der Waals surface area contributed by atoms with Gasteiger partial charge >= 0.3 is 0 Å². The third kappa shape index (κ3) is 2.29. The lowest BCUT2D eigenvalue weighted by Gasteiger charge is -2.09. The molecule has 0 bridgehead atoms. The number of ether oxygens (including phenoxy) is 1. The first-order valence-electron chi connectivity index (χ1n) is 6.82. The van der Waals surface area contributed by atoms with Crippen molar-refractivity contribution in [3.05, 3.63) is 41.7 Å². The highest BCUT2D eigenvalue weighted by molar-refractivity contribution is 5.97. The number of methoxy groups -OCH3 is 1. The van der Waals surface area contributed by atoms with Crippen LogP contribution in [-0.4, -0.2) is 22.9 Å². The number of aromatic nitrogens is 2.